The number of halogens is 4. The number of hydrogen-bond acceptors (Lipinski definition) is 2. The van der Waals surface area contributed by atoms with E-state index in [2.05, 4.69) is 31.1 Å². The number of imidazole rings is 1. The van der Waals surface area contributed by atoms with Gasteiger partial charge >= 0.3 is 6.18 Å². The van der Waals surface area contributed by atoms with Crippen molar-refractivity contribution in [2.24, 2.45) is 0 Å². The van der Waals surface area contributed by atoms with Crippen molar-refractivity contribution in [1.29, 1.82) is 0 Å². The Bertz CT molecular complexity index is 1020. The molecule has 4 nitrogen and oxygen atoms in total. The molecule has 0 unspecified atom stereocenters. The molecule has 1 N–H and O–H groups in total. The topological polar surface area (TPSA) is 46.4 Å². The maximum Gasteiger partial charge on any atom is 0.435 e. The summed E-state index contributed by atoms with van der Waals surface area (Å²) in [4.78, 5) is 16.1. The number of amides is 1. The summed E-state index contributed by atoms with van der Waals surface area (Å²) in [7, 11) is 0. The zero-order valence-corrected chi connectivity index (χ0v) is 16.3. The minimum absolute atomic E-state index is 0.00333. The lowest BCUT2D eigenvalue weighted by Gasteiger charge is -2.19. The van der Waals surface area contributed by atoms with Crippen molar-refractivity contribution < 1.29 is 18.0 Å². The standard InChI is InChI=1S/C20H19ClF3N3O/c1-19(2,3)13-6-4-12(5-7-13)10-25-18(28)16-17(20(22,23)24)26-15-9-8-14(21)11-27(15)16/h4-9,11H,10H2,1-3H3,(H,25,28). The van der Waals surface area contributed by atoms with Crippen LogP contribution in [0.5, 0.6) is 0 Å². The molecule has 1 amide bonds. The van der Waals surface area contributed by atoms with E-state index < -0.39 is 23.5 Å². The summed E-state index contributed by atoms with van der Waals surface area (Å²) in [6.45, 7) is 6.34. The first-order valence-electron chi connectivity index (χ1n) is 8.59. The van der Waals surface area contributed by atoms with Crippen LogP contribution in [0.25, 0.3) is 5.65 Å². The fraction of sp³-hybridized carbons (Fsp3) is 0.300. The molecule has 2 aromatic heterocycles. The van der Waals surface area contributed by atoms with Gasteiger partial charge in [-0.05, 0) is 28.7 Å². The molecule has 0 fully saturated rings. The number of hydrogen-bond donors (Lipinski definition) is 1. The number of fused-ring (bicyclic) bond motifs is 1. The Morgan fingerprint density at radius 1 is 1.11 bits per heavy atom. The Balaban J connectivity index is 1.88. The molecule has 2 heterocycles. The second-order valence-corrected chi connectivity index (χ2v) is 7.95. The average Bonchev–Trinajstić information content (AvgIpc) is 2.98. The van der Waals surface area contributed by atoms with Gasteiger partial charge in [-0.2, -0.15) is 13.2 Å². The second kappa shape index (κ2) is 7.13. The highest BCUT2D eigenvalue weighted by Crippen LogP contribution is 2.32. The molecule has 0 bridgehead atoms. The summed E-state index contributed by atoms with van der Waals surface area (Å²) in [5.74, 6) is -0.873. The molecule has 0 aliphatic heterocycles. The van der Waals surface area contributed by atoms with Gasteiger partial charge in [-0.25, -0.2) is 4.98 Å². The van der Waals surface area contributed by atoms with Gasteiger partial charge in [0.15, 0.2) is 5.69 Å². The summed E-state index contributed by atoms with van der Waals surface area (Å²) in [6.07, 6.45) is -3.52. The molecule has 28 heavy (non-hydrogen) atoms. The van der Waals surface area contributed by atoms with E-state index in [0.717, 1.165) is 15.5 Å². The van der Waals surface area contributed by atoms with Crippen molar-refractivity contribution in [1.82, 2.24) is 14.7 Å². The molecule has 1 aromatic carbocycles. The number of carbonyl (C=O) groups is 1. The van der Waals surface area contributed by atoms with Crippen LogP contribution in [0.2, 0.25) is 5.02 Å². The second-order valence-electron chi connectivity index (χ2n) is 7.51. The summed E-state index contributed by atoms with van der Waals surface area (Å²) in [5.41, 5.74) is 0.0577. The van der Waals surface area contributed by atoms with Crippen molar-refractivity contribution in [3.63, 3.8) is 0 Å². The number of nitrogens with zero attached hydrogens (tertiary/aromatic N) is 2. The summed E-state index contributed by atoms with van der Waals surface area (Å²) < 4.78 is 41.2. The van der Waals surface area contributed by atoms with Crippen LogP contribution in [0, 0.1) is 0 Å². The molecule has 0 aliphatic rings. The summed E-state index contributed by atoms with van der Waals surface area (Å²) >= 11 is 5.88. The van der Waals surface area contributed by atoms with Crippen LogP contribution < -0.4 is 5.32 Å². The van der Waals surface area contributed by atoms with Crippen LogP contribution in [-0.2, 0) is 18.1 Å². The molecule has 3 aromatic rings. The third-order valence-corrected chi connectivity index (χ3v) is 4.56. The number of alkyl halides is 3. The van der Waals surface area contributed by atoms with E-state index in [4.69, 9.17) is 11.6 Å². The van der Waals surface area contributed by atoms with Crippen LogP contribution in [0.15, 0.2) is 42.6 Å². The van der Waals surface area contributed by atoms with Gasteiger partial charge in [0, 0.05) is 12.7 Å². The lowest BCUT2D eigenvalue weighted by Crippen LogP contribution is -2.27. The SMILES string of the molecule is CC(C)(C)c1ccc(CNC(=O)c2c(C(F)(F)F)nc3ccc(Cl)cn23)cc1. The van der Waals surface area contributed by atoms with Crippen molar-refractivity contribution in [2.75, 3.05) is 0 Å². The Labute approximate surface area is 165 Å². The van der Waals surface area contributed by atoms with Crippen LogP contribution >= 0.6 is 11.6 Å². The van der Waals surface area contributed by atoms with Crippen LogP contribution in [0.4, 0.5) is 13.2 Å². The highest BCUT2D eigenvalue weighted by molar-refractivity contribution is 6.30. The third kappa shape index (κ3) is 4.14. The van der Waals surface area contributed by atoms with Gasteiger partial charge in [0.1, 0.15) is 11.3 Å². The monoisotopic (exact) mass is 409 g/mol. The van der Waals surface area contributed by atoms with E-state index in [-0.39, 0.29) is 22.6 Å². The molecule has 0 saturated heterocycles. The van der Waals surface area contributed by atoms with Gasteiger partial charge in [0.25, 0.3) is 5.91 Å². The molecule has 3 rings (SSSR count). The number of pyridine rings is 1. The van der Waals surface area contributed by atoms with Gasteiger partial charge < -0.3 is 5.32 Å². The van der Waals surface area contributed by atoms with E-state index in [1.54, 1.807) is 0 Å². The number of rotatable bonds is 3. The number of aromatic nitrogens is 2. The predicted octanol–water partition coefficient (Wildman–Crippen LogP) is 5.23. The number of benzene rings is 1. The first-order valence-corrected chi connectivity index (χ1v) is 8.97. The quantitative estimate of drug-likeness (QED) is 0.643. The Kier molecular flexibility index (Phi) is 5.14. The van der Waals surface area contributed by atoms with Crippen LogP contribution in [0.1, 0.15) is 48.1 Å². The molecule has 0 atom stereocenters. The maximum atomic E-state index is 13.4. The first kappa shape index (κ1) is 20.2. The molecule has 0 radical (unpaired) electrons. The molecule has 0 aliphatic carbocycles. The molecule has 148 valence electrons. The van der Waals surface area contributed by atoms with Gasteiger partial charge in [0.2, 0.25) is 0 Å². The smallest absolute Gasteiger partial charge is 0.347 e. The molecular weight excluding hydrogens is 391 g/mol. The van der Waals surface area contributed by atoms with Crippen molar-refractivity contribution >= 4 is 23.2 Å². The van der Waals surface area contributed by atoms with E-state index in [1.807, 2.05) is 24.3 Å². The normalized spacial score (nSPS) is 12.4. The van der Waals surface area contributed by atoms with Gasteiger partial charge in [0.05, 0.1) is 5.02 Å². The van der Waals surface area contributed by atoms with E-state index in [0.29, 0.717) is 0 Å². The zero-order chi connectivity index (χ0) is 20.7. The summed E-state index contributed by atoms with van der Waals surface area (Å²) in [6, 6.07) is 10.3. The minimum atomic E-state index is -4.76. The number of carbonyl (C=O) groups excluding carboxylic acids is 1. The van der Waals surface area contributed by atoms with Crippen molar-refractivity contribution in [3.05, 3.63) is 70.1 Å². The fourth-order valence-corrected chi connectivity index (χ4v) is 2.98. The first-order chi connectivity index (χ1) is 13.0. The summed E-state index contributed by atoms with van der Waals surface area (Å²) in [5, 5.41) is 2.74. The molecule has 8 heteroatoms. The Morgan fingerprint density at radius 3 is 2.32 bits per heavy atom. The average molecular weight is 410 g/mol. The van der Waals surface area contributed by atoms with Crippen LogP contribution in [0.3, 0.4) is 0 Å². The van der Waals surface area contributed by atoms with Crippen molar-refractivity contribution in [3.8, 4) is 0 Å². The largest absolute Gasteiger partial charge is 0.435 e. The maximum absolute atomic E-state index is 13.4. The third-order valence-electron chi connectivity index (χ3n) is 4.34. The van der Waals surface area contributed by atoms with Crippen LogP contribution in [-0.4, -0.2) is 15.3 Å². The van der Waals surface area contributed by atoms with E-state index in [9.17, 15) is 18.0 Å². The number of nitrogens with one attached hydrogen (secondary N) is 1. The zero-order valence-electron chi connectivity index (χ0n) is 15.6. The van der Waals surface area contributed by atoms with E-state index in [1.165, 1.54) is 18.3 Å². The van der Waals surface area contributed by atoms with E-state index >= 15 is 0 Å². The Morgan fingerprint density at radius 2 is 1.75 bits per heavy atom. The van der Waals surface area contributed by atoms with Gasteiger partial charge in [-0.1, -0.05) is 56.6 Å². The molecular formula is C20H19ClF3N3O. The Hall–Kier alpha value is -2.54. The molecule has 0 saturated carbocycles. The van der Waals surface area contributed by atoms with Gasteiger partial charge in [-0.3, -0.25) is 9.20 Å². The lowest BCUT2D eigenvalue weighted by atomic mass is 9.87. The molecule has 0 spiro atoms. The highest BCUT2D eigenvalue weighted by atomic mass is 35.5. The minimum Gasteiger partial charge on any atom is -0.347 e. The fourth-order valence-electron chi connectivity index (χ4n) is 2.82. The lowest BCUT2D eigenvalue weighted by molar-refractivity contribution is -0.141. The van der Waals surface area contributed by atoms with Gasteiger partial charge in [-0.15, -0.1) is 0 Å². The predicted molar refractivity (Wildman–Crippen MR) is 102 cm³/mol. The van der Waals surface area contributed by atoms with Crippen molar-refractivity contribution in [2.45, 2.75) is 38.9 Å². The highest BCUT2D eigenvalue weighted by Gasteiger charge is 2.40.